The van der Waals surface area contributed by atoms with Gasteiger partial charge in [0.1, 0.15) is 11.2 Å². The number of ketones is 1. The molecule has 2 saturated heterocycles. The van der Waals surface area contributed by atoms with Crippen LogP contribution in [0.15, 0.2) is 170 Å². The van der Waals surface area contributed by atoms with Gasteiger partial charge >= 0.3 is 11.9 Å². The largest absolute Gasteiger partial charge is 0.481 e. The van der Waals surface area contributed by atoms with Gasteiger partial charge in [0.2, 0.25) is 0 Å². The van der Waals surface area contributed by atoms with Crippen molar-refractivity contribution in [2.75, 3.05) is 39.3 Å². The van der Waals surface area contributed by atoms with E-state index in [0.717, 1.165) is 111 Å². The summed E-state index contributed by atoms with van der Waals surface area (Å²) in [5, 5.41) is 53.6. The minimum atomic E-state index is -1.02. The number of piperidine rings is 2. The van der Waals surface area contributed by atoms with Crippen LogP contribution in [-0.4, -0.2) is 92.3 Å². The number of Topliss-reactive ketones (excluding diaryl/α,β-unsaturated/α-hetero) is 1. The Bertz CT molecular complexity index is 2620. The number of aliphatic carboxylic acids is 2. The first-order chi connectivity index (χ1) is 35.4. The first-order valence-electron chi connectivity index (χ1n) is 26.5. The quantitative estimate of drug-likeness (QED) is 0.0466. The second-order valence-electron chi connectivity index (χ2n) is 21.5. The third kappa shape index (κ3) is 13.0. The van der Waals surface area contributed by atoms with Crippen LogP contribution in [-0.2, 0) is 31.6 Å². The number of carboxylic acid groups (broad SMARTS) is 2. The Labute approximate surface area is 438 Å². The third-order valence-corrected chi connectivity index (χ3v) is 16.1. The van der Waals surface area contributed by atoms with Gasteiger partial charge in [-0.05, 0) is 163 Å². The van der Waals surface area contributed by atoms with Crippen molar-refractivity contribution in [3.05, 3.63) is 214 Å². The van der Waals surface area contributed by atoms with Crippen LogP contribution in [0.5, 0.6) is 0 Å². The van der Waals surface area contributed by atoms with Crippen LogP contribution in [0.4, 0.5) is 0 Å². The Morgan fingerprint density at radius 3 is 1.14 bits per heavy atom. The number of carbonyl (C=O) groups is 3. The fourth-order valence-corrected chi connectivity index (χ4v) is 10.9. The summed E-state index contributed by atoms with van der Waals surface area (Å²) in [7, 11) is 0. The zero-order chi connectivity index (χ0) is 52.9. The van der Waals surface area contributed by atoms with Gasteiger partial charge in [-0.25, -0.2) is 0 Å². The fraction of sp³-hybridized carbons (Fsp3) is 0.391. The second kappa shape index (κ2) is 24.8. The molecule has 0 saturated carbocycles. The first-order valence-corrected chi connectivity index (χ1v) is 26.5. The number of nitrogens with zero attached hydrogens (tertiary/aromatic N) is 2. The van der Waals surface area contributed by atoms with Crippen LogP contribution in [0.25, 0.3) is 0 Å². The van der Waals surface area contributed by atoms with Crippen LogP contribution in [0.3, 0.4) is 0 Å². The molecule has 0 aromatic heterocycles. The number of carboxylic acids is 2. The van der Waals surface area contributed by atoms with E-state index in [1.54, 1.807) is 64.1 Å². The molecule has 2 fully saturated rings. The summed E-state index contributed by atoms with van der Waals surface area (Å²) in [4.78, 5) is 40.5. The Morgan fingerprint density at radius 2 is 0.797 bits per heavy atom. The Balaban J connectivity index is 0.000000216. The number of aliphatic hydroxyl groups excluding tert-OH is 1. The van der Waals surface area contributed by atoms with E-state index in [1.807, 2.05) is 133 Å². The molecule has 10 heteroatoms. The molecule has 2 aliphatic rings. The van der Waals surface area contributed by atoms with E-state index >= 15 is 0 Å². The van der Waals surface area contributed by atoms with Gasteiger partial charge in [0.25, 0.3) is 0 Å². The lowest BCUT2D eigenvalue weighted by molar-refractivity contribution is -0.143. The summed E-state index contributed by atoms with van der Waals surface area (Å²) in [6.07, 6.45) is 5.76. The highest BCUT2D eigenvalue weighted by molar-refractivity contribution is 5.96. The second-order valence-corrected chi connectivity index (χ2v) is 21.5. The lowest BCUT2D eigenvalue weighted by Gasteiger charge is -2.42. The van der Waals surface area contributed by atoms with Crippen molar-refractivity contribution in [3.63, 3.8) is 0 Å². The molecule has 0 spiro atoms. The van der Waals surface area contributed by atoms with E-state index in [-0.39, 0.29) is 17.6 Å². The van der Waals surface area contributed by atoms with Crippen molar-refractivity contribution >= 4 is 17.7 Å². The minimum Gasteiger partial charge on any atom is -0.481 e. The van der Waals surface area contributed by atoms with Crippen LogP contribution >= 0.6 is 0 Å². The zero-order valence-electron chi connectivity index (χ0n) is 43.7. The van der Waals surface area contributed by atoms with Crippen molar-refractivity contribution in [1.82, 2.24) is 9.80 Å². The van der Waals surface area contributed by atoms with Gasteiger partial charge in [0.15, 0.2) is 5.78 Å². The van der Waals surface area contributed by atoms with Crippen LogP contribution in [0.1, 0.15) is 134 Å². The molecule has 10 nitrogen and oxygen atoms in total. The number of carbonyl (C=O) groups excluding carboxylic acids is 1. The van der Waals surface area contributed by atoms with Gasteiger partial charge in [-0.1, -0.05) is 170 Å². The zero-order valence-corrected chi connectivity index (χ0v) is 43.7. The summed E-state index contributed by atoms with van der Waals surface area (Å²) in [6.45, 7) is 12.1. The predicted octanol–water partition coefficient (Wildman–Crippen LogP) is 11.2. The van der Waals surface area contributed by atoms with Crippen molar-refractivity contribution in [3.8, 4) is 0 Å². The molecule has 74 heavy (non-hydrogen) atoms. The molecular weight excluding hydrogens is 925 g/mol. The highest BCUT2D eigenvalue weighted by Crippen LogP contribution is 2.43. The van der Waals surface area contributed by atoms with E-state index in [2.05, 4.69) is 9.80 Å². The average molecular weight is 1000 g/mol. The lowest BCUT2D eigenvalue weighted by atomic mass is 9.72. The van der Waals surface area contributed by atoms with E-state index in [4.69, 9.17) is 0 Å². The van der Waals surface area contributed by atoms with Crippen molar-refractivity contribution in [2.45, 2.75) is 107 Å². The maximum Gasteiger partial charge on any atom is 0.313 e. The van der Waals surface area contributed by atoms with E-state index in [9.17, 15) is 39.9 Å². The van der Waals surface area contributed by atoms with Gasteiger partial charge in [0.05, 0.1) is 16.9 Å². The van der Waals surface area contributed by atoms with Crippen molar-refractivity contribution in [2.24, 2.45) is 11.8 Å². The predicted molar refractivity (Wildman–Crippen MR) is 292 cm³/mol. The number of benzene rings is 6. The molecular formula is C64H76N2O8. The number of likely N-dealkylation sites (tertiary alicyclic amines) is 2. The summed E-state index contributed by atoms with van der Waals surface area (Å²) >= 11 is 0. The molecule has 2 aliphatic heterocycles. The summed E-state index contributed by atoms with van der Waals surface area (Å²) in [5.41, 5.74) is 2.64. The Kier molecular flexibility index (Phi) is 18.6. The highest BCUT2D eigenvalue weighted by atomic mass is 16.4. The molecule has 0 radical (unpaired) electrons. The molecule has 0 aliphatic carbocycles. The SMILES string of the molecule is CC(C)(C(=O)O)c1ccc(C(=O)CCCN2CCC(C(O)(c3ccccc3)c3ccccc3)CC2)cc1.CC(C)(C(=O)O)c1ccc(C(O)CCCN2CCC(C(O)(c3ccccc3)c3ccccc3)CC2)cc1. The molecule has 0 bridgehead atoms. The lowest BCUT2D eigenvalue weighted by Crippen LogP contribution is -2.44. The molecule has 390 valence electrons. The van der Waals surface area contributed by atoms with Crippen LogP contribution < -0.4 is 0 Å². The van der Waals surface area contributed by atoms with Crippen molar-refractivity contribution in [1.29, 1.82) is 0 Å². The normalized spacial score (nSPS) is 15.9. The maximum absolute atomic E-state index is 12.7. The molecule has 6 aromatic carbocycles. The number of hydrogen-bond donors (Lipinski definition) is 5. The summed E-state index contributed by atoms with van der Waals surface area (Å²) < 4.78 is 0. The van der Waals surface area contributed by atoms with Gasteiger partial charge in [0, 0.05) is 12.0 Å². The number of aliphatic hydroxyl groups is 3. The standard InChI is InChI=1S/C32H39NO4.C32H37NO4/c2*1-31(2,30(35)36)25-17-15-24(16-18-25)29(34)14-9-21-33-22-19-28(20-23-33)32(37,26-10-5-3-6-11-26)27-12-7-4-8-13-27/h3-8,10-13,15-18,28-29,34,37H,9,14,19-23H2,1-2H3,(H,35,36);3-8,10-13,15-18,28,37H,9,14,19-23H2,1-2H3,(H,35,36). The molecule has 8 rings (SSSR count). The monoisotopic (exact) mass is 1000 g/mol. The van der Waals surface area contributed by atoms with Crippen molar-refractivity contribution < 1.29 is 39.9 Å². The average Bonchev–Trinajstić information content (AvgIpc) is 3.44. The topological polar surface area (TPSA) is 159 Å². The molecule has 2 heterocycles. The Hall–Kier alpha value is -6.27. The van der Waals surface area contributed by atoms with Gasteiger partial charge in [-0.2, -0.15) is 0 Å². The number of hydrogen-bond acceptors (Lipinski definition) is 8. The van der Waals surface area contributed by atoms with Gasteiger partial charge < -0.3 is 35.3 Å². The van der Waals surface area contributed by atoms with Crippen LogP contribution in [0, 0.1) is 11.8 Å². The first kappa shape index (κ1) is 55.5. The minimum absolute atomic E-state index is 0.0806. The third-order valence-electron chi connectivity index (χ3n) is 16.1. The summed E-state index contributed by atoms with van der Waals surface area (Å²) in [6, 6.07) is 54.2. The fourth-order valence-electron chi connectivity index (χ4n) is 10.9. The smallest absolute Gasteiger partial charge is 0.313 e. The molecule has 1 atom stereocenters. The van der Waals surface area contributed by atoms with E-state index in [0.29, 0.717) is 24.0 Å². The molecule has 5 N–H and O–H groups in total. The van der Waals surface area contributed by atoms with E-state index in [1.165, 1.54) is 0 Å². The highest BCUT2D eigenvalue weighted by Gasteiger charge is 2.43. The summed E-state index contributed by atoms with van der Waals surface area (Å²) in [5.74, 6) is -1.43. The molecule has 6 aromatic rings. The van der Waals surface area contributed by atoms with E-state index < -0.39 is 40.1 Å². The van der Waals surface area contributed by atoms with Crippen LogP contribution in [0.2, 0.25) is 0 Å². The number of rotatable bonds is 20. The maximum atomic E-state index is 12.7. The molecule has 1 unspecified atom stereocenters. The Morgan fingerprint density at radius 1 is 0.473 bits per heavy atom. The molecule has 0 amide bonds. The van der Waals surface area contributed by atoms with Gasteiger partial charge in [-0.3, -0.25) is 14.4 Å². The van der Waals surface area contributed by atoms with Gasteiger partial charge in [-0.15, -0.1) is 0 Å².